The van der Waals surface area contributed by atoms with Crippen molar-refractivity contribution in [1.82, 2.24) is 0 Å². The predicted octanol–water partition coefficient (Wildman–Crippen LogP) is 5.14. The minimum Gasteiger partial charge on any atom is -0.415 e. The first-order valence-electron chi connectivity index (χ1n) is 8.54. The van der Waals surface area contributed by atoms with Crippen molar-refractivity contribution in [2.45, 2.75) is 96.7 Å². The van der Waals surface area contributed by atoms with E-state index in [-0.39, 0.29) is 15.6 Å². The monoisotopic (exact) mass is 347 g/mol. The Bertz CT molecular complexity index is 325. The number of hydrogen-bond donors (Lipinski definition) is 1. The van der Waals surface area contributed by atoms with E-state index in [1.54, 1.807) is 0 Å². The van der Waals surface area contributed by atoms with Gasteiger partial charge in [-0.15, -0.1) is 0 Å². The zero-order chi connectivity index (χ0) is 18.0. The van der Waals surface area contributed by atoms with Crippen LogP contribution in [-0.2, 0) is 8.85 Å². The van der Waals surface area contributed by atoms with Crippen LogP contribution in [0.3, 0.4) is 0 Å². The first kappa shape index (κ1) is 22.3. The third-order valence-corrected chi connectivity index (χ3v) is 14.7. The van der Waals surface area contributed by atoms with E-state index < -0.39 is 16.6 Å². The van der Waals surface area contributed by atoms with Crippen LogP contribution in [0.2, 0.25) is 36.3 Å². The van der Waals surface area contributed by atoms with E-state index in [1.807, 2.05) is 0 Å². The molecule has 0 bridgehead atoms. The van der Waals surface area contributed by atoms with Crippen LogP contribution in [0.15, 0.2) is 0 Å². The highest BCUT2D eigenvalue weighted by atomic mass is 28.4. The highest BCUT2D eigenvalue weighted by molar-refractivity contribution is 6.74. The van der Waals surface area contributed by atoms with E-state index in [1.165, 1.54) is 0 Å². The van der Waals surface area contributed by atoms with Crippen LogP contribution in [-0.4, -0.2) is 35.4 Å². The molecule has 0 atom stereocenters. The van der Waals surface area contributed by atoms with Crippen molar-refractivity contribution in [2.75, 3.05) is 13.2 Å². The average Bonchev–Trinajstić information content (AvgIpc) is 2.31. The fourth-order valence-corrected chi connectivity index (χ4v) is 3.49. The first-order chi connectivity index (χ1) is 9.47. The second kappa shape index (κ2) is 7.05. The second-order valence-corrected chi connectivity index (χ2v) is 19.4. The summed E-state index contributed by atoms with van der Waals surface area (Å²) in [6.45, 7) is 26.0. The molecule has 0 aromatic carbocycles. The fourth-order valence-electron chi connectivity index (χ4n) is 1.33. The highest BCUT2D eigenvalue weighted by Gasteiger charge is 2.41. The average molecular weight is 348 g/mol. The van der Waals surface area contributed by atoms with E-state index >= 15 is 0 Å². The lowest BCUT2D eigenvalue weighted by atomic mass is 10.0. The van der Waals surface area contributed by atoms with Gasteiger partial charge in [0.1, 0.15) is 0 Å². The summed E-state index contributed by atoms with van der Waals surface area (Å²) in [6.07, 6.45) is 0.871. The van der Waals surface area contributed by atoms with Gasteiger partial charge >= 0.3 is 0 Å². The molecular weight excluding hydrogens is 306 g/mol. The van der Waals surface area contributed by atoms with Gasteiger partial charge in [-0.05, 0) is 42.7 Å². The third-order valence-electron chi connectivity index (χ3n) is 5.76. The molecule has 0 aliphatic carbocycles. The van der Waals surface area contributed by atoms with Crippen molar-refractivity contribution in [3.63, 3.8) is 0 Å². The number of rotatable bonds is 7. The summed E-state index contributed by atoms with van der Waals surface area (Å²) in [4.78, 5) is 0. The Labute approximate surface area is 141 Å². The van der Waals surface area contributed by atoms with Crippen LogP contribution in [0.4, 0.5) is 0 Å². The molecule has 0 saturated heterocycles. The van der Waals surface area contributed by atoms with Crippen LogP contribution in [0, 0.1) is 0 Å². The van der Waals surface area contributed by atoms with Crippen LogP contribution >= 0.6 is 0 Å². The zero-order valence-corrected chi connectivity index (χ0v) is 19.0. The Morgan fingerprint density at radius 3 is 1.18 bits per heavy atom. The Morgan fingerprint density at radius 1 is 0.727 bits per heavy atom. The van der Waals surface area contributed by atoms with Crippen molar-refractivity contribution in [2.24, 2.45) is 5.73 Å². The van der Waals surface area contributed by atoms with E-state index in [0.717, 1.165) is 6.42 Å². The van der Waals surface area contributed by atoms with Crippen molar-refractivity contribution < 1.29 is 8.85 Å². The molecule has 0 saturated carbocycles. The summed E-state index contributed by atoms with van der Waals surface area (Å²) in [7, 11) is -3.53. The number of nitrogens with two attached hydrogens (primary N) is 1. The molecule has 0 aromatic heterocycles. The molecule has 0 unspecified atom stereocenters. The molecule has 5 heteroatoms. The molecule has 2 N–H and O–H groups in total. The van der Waals surface area contributed by atoms with Gasteiger partial charge in [-0.25, -0.2) is 0 Å². The summed E-state index contributed by atoms with van der Waals surface area (Å²) in [6, 6.07) is 0. The molecule has 0 heterocycles. The predicted molar refractivity (Wildman–Crippen MR) is 104 cm³/mol. The van der Waals surface area contributed by atoms with Crippen LogP contribution in [0.25, 0.3) is 0 Å². The van der Waals surface area contributed by atoms with Gasteiger partial charge in [0.05, 0.1) is 18.8 Å². The second-order valence-electron chi connectivity index (χ2n) is 9.81. The molecule has 134 valence electrons. The Balaban J connectivity index is 4.81. The lowest BCUT2D eigenvalue weighted by molar-refractivity contribution is 0.126. The molecule has 0 aliphatic heterocycles. The smallest absolute Gasteiger partial charge is 0.192 e. The lowest BCUT2D eigenvalue weighted by Gasteiger charge is -2.42. The summed E-state index contributed by atoms with van der Waals surface area (Å²) in [5.74, 6) is 0. The molecule has 0 fully saturated rings. The van der Waals surface area contributed by atoms with Crippen LogP contribution in [0.5, 0.6) is 0 Å². The maximum absolute atomic E-state index is 6.59. The molecule has 0 radical (unpaired) electrons. The Morgan fingerprint density at radius 2 is 1.00 bits per heavy atom. The summed E-state index contributed by atoms with van der Waals surface area (Å²) >= 11 is 0. The van der Waals surface area contributed by atoms with Crippen molar-refractivity contribution in [1.29, 1.82) is 0 Å². The van der Waals surface area contributed by atoms with E-state index in [9.17, 15) is 0 Å². The first-order valence-corrected chi connectivity index (χ1v) is 14.4. The van der Waals surface area contributed by atoms with E-state index in [0.29, 0.717) is 13.2 Å². The normalized spacial score (nSPS) is 15.3. The topological polar surface area (TPSA) is 44.5 Å². The molecule has 0 aromatic rings. The van der Waals surface area contributed by atoms with E-state index in [2.05, 4.69) is 74.7 Å². The minimum atomic E-state index is -1.77. The molecule has 0 rings (SSSR count). The third kappa shape index (κ3) is 6.08. The van der Waals surface area contributed by atoms with Crippen LogP contribution in [0.1, 0.15) is 54.9 Å². The summed E-state index contributed by atoms with van der Waals surface area (Å²) < 4.78 is 12.7. The van der Waals surface area contributed by atoms with Gasteiger partial charge in [0.2, 0.25) is 0 Å². The molecule has 22 heavy (non-hydrogen) atoms. The summed E-state index contributed by atoms with van der Waals surface area (Å²) in [5, 5.41) is 0.421. The van der Waals surface area contributed by atoms with Gasteiger partial charge < -0.3 is 14.6 Å². The highest BCUT2D eigenvalue weighted by Crippen LogP contribution is 2.38. The van der Waals surface area contributed by atoms with Gasteiger partial charge in [-0.1, -0.05) is 48.5 Å². The Hall–Kier alpha value is 0.314. The maximum Gasteiger partial charge on any atom is 0.192 e. The standard InChI is InChI=1S/C17H41NO2Si2/c1-12-17(18,13-19-21(8,9)15(2,3)4)14-20-22(10,11)16(5,6)7/h12-14,18H2,1-11H3. The zero-order valence-electron chi connectivity index (χ0n) is 17.0. The molecule has 0 aliphatic rings. The van der Waals surface area contributed by atoms with Crippen LogP contribution < -0.4 is 5.73 Å². The van der Waals surface area contributed by atoms with Gasteiger partial charge in [0.15, 0.2) is 16.6 Å². The lowest BCUT2D eigenvalue weighted by Crippen LogP contribution is -2.55. The van der Waals surface area contributed by atoms with Gasteiger partial charge in [0.25, 0.3) is 0 Å². The van der Waals surface area contributed by atoms with Crippen molar-refractivity contribution >= 4 is 16.6 Å². The van der Waals surface area contributed by atoms with Gasteiger partial charge in [0, 0.05) is 0 Å². The van der Waals surface area contributed by atoms with E-state index in [4.69, 9.17) is 14.6 Å². The molecule has 3 nitrogen and oxygen atoms in total. The maximum atomic E-state index is 6.59. The minimum absolute atomic E-state index is 0.210. The summed E-state index contributed by atoms with van der Waals surface area (Å²) in [5.41, 5.74) is 6.21. The quantitative estimate of drug-likeness (QED) is 0.649. The molecule has 0 amide bonds. The molecule has 0 spiro atoms. The fraction of sp³-hybridized carbons (Fsp3) is 1.00. The van der Waals surface area contributed by atoms with Gasteiger partial charge in [-0.2, -0.15) is 0 Å². The largest absolute Gasteiger partial charge is 0.415 e. The Kier molecular flexibility index (Phi) is 7.15. The van der Waals surface area contributed by atoms with Crippen molar-refractivity contribution in [3.8, 4) is 0 Å². The SMILES string of the molecule is CCC(N)(CO[Si](C)(C)C(C)(C)C)CO[Si](C)(C)C(C)(C)C. The number of hydrogen-bond acceptors (Lipinski definition) is 3. The van der Waals surface area contributed by atoms with Crippen molar-refractivity contribution in [3.05, 3.63) is 0 Å². The molecular formula is C17H41NO2Si2. The van der Waals surface area contributed by atoms with Gasteiger partial charge in [-0.3, -0.25) is 0 Å².